The van der Waals surface area contributed by atoms with Crippen molar-refractivity contribution in [3.63, 3.8) is 0 Å². The molecule has 0 saturated carbocycles. The molecule has 3 aromatic rings. The fourth-order valence-electron chi connectivity index (χ4n) is 4.04. The van der Waals surface area contributed by atoms with E-state index in [0.717, 1.165) is 17.8 Å². The van der Waals surface area contributed by atoms with Crippen LogP contribution in [0.1, 0.15) is 44.6 Å². The number of tetrazole rings is 1. The van der Waals surface area contributed by atoms with Gasteiger partial charge >= 0.3 is 0 Å². The lowest BCUT2D eigenvalue weighted by molar-refractivity contribution is 0.187. The van der Waals surface area contributed by atoms with Crippen molar-refractivity contribution in [3.05, 3.63) is 71.6 Å². The summed E-state index contributed by atoms with van der Waals surface area (Å²) in [6.45, 7) is 9.07. The van der Waals surface area contributed by atoms with Crippen molar-refractivity contribution < 1.29 is 8.78 Å². The highest BCUT2D eigenvalue weighted by atomic mass is 19.1. The summed E-state index contributed by atoms with van der Waals surface area (Å²) in [6, 6.07) is 13.2. The van der Waals surface area contributed by atoms with Crippen molar-refractivity contribution >= 4 is 5.69 Å². The number of hydrogen-bond acceptors (Lipinski definition) is 5. The van der Waals surface area contributed by atoms with E-state index in [0.29, 0.717) is 31.9 Å². The minimum Gasteiger partial charge on any atom is -0.367 e. The normalized spacial score (nSPS) is 16.5. The first-order valence-corrected chi connectivity index (χ1v) is 10.7. The molecule has 8 heteroatoms. The summed E-state index contributed by atoms with van der Waals surface area (Å²) in [5.41, 5.74) is 1.30. The highest BCUT2D eigenvalue weighted by Gasteiger charge is 2.34. The Bertz CT molecular complexity index is 1010. The van der Waals surface area contributed by atoms with Crippen LogP contribution in [-0.4, -0.2) is 51.3 Å². The van der Waals surface area contributed by atoms with Crippen LogP contribution in [0, 0.1) is 11.6 Å². The third-order valence-electron chi connectivity index (χ3n) is 6.24. The molecule has 1 unspecified atom stereocenters. The lowest BCUT2D eigenvalue weighted by Crippen LogP contribution is -2.49. The second-order valence-electron chi connectivity index (χ2n) is 8.54. The van der Waals surface area contributed by atoms with Gasteiger partial charge in [0.15, 0.2) is 5.82 Å². The van der Waals surface area contributed by atoms with Crippen LogP contribution in [0.2, 0.25) is 0 Å². The van der Waals surface area contributed by atoms with Crippen LogP contribution in [0.4, 0.5) is 14.5 Å². The van der Waals surface area contributed by atoms with Gasteiger partial charge in [-0.2, -0.15) is 0 Å². The van der Waals surface area contributed by atoms with Crippen LogP contribution in [0.15, 0.2) is 48.5 Å². The Kier molecular flexibility index (Phi) is 6.00. The second-order valence-corrected chi connectivity index (χ2v) is 8.54. The zero-order valence-electron chi connectivity index (χ0n) is 18.2. The van der Waals surface area contributed by atoms with Crippen molar-refractivity contribution in [2.45, 2.75) is 38.8 Å². The van der Waals surface area contributed by atoms with Crippen LogP contribution in [-0.2, 0) is 5.54 Å². The van der Waals surface area contributed by atoms with Gasteiger partial charge in [-0.05, 0) is 60.5 Å². The third kappa shape index (κ3) is 4.30. The van der Waals surface area contributed by atoms with E-state index in [4.69, 9.17) is 0 Å². The summed E-state index contributed by atoms with van der Waals surface area (Å²) >= 11 is 0. The average Bonchev–Trinajstić information content (AvgIpc) is 3.27. The van der Waals surface area contributed by atoms with E-state index in [1.807, 2.05) is 16.8 Å². The van der Waals surface area contributed by atoms with Crippen LogP contribution >= 0.6 is 0 Å². The van der Waals surface area contributed by atoms with E-state index >= 15 is 0 Å². The topological polar surface area (TPSA) is 50.1 Å². The van der Waals surface area contributed by atoms with Gasteiger partial charge in [0, 0.05) is 26.2 Å². The molecule has 0 bridgehead atoms. The Morgan fingerprint density at radius 3 is 2.29 bits per heavy atom. The molecule has 0 aliphatic carbocycles. The molecule has 1 fully saturated rings. The van der Waals surface area contributed by atoms with E-state index in [-0.39, 0.29) is 23.2 Å². The number of aromatic nitrogens is 4. The number of anilines is 1. The summed E-state index contributed by atoms with van der Waals surface area (Å²) < 4.78 is 29.8. The molecule has 1 aromatic heterocycles. The molecule has 1 aliphatic rings. The molecule has 0 N–H and O–H groups in total. The zero-order chi connectivity index (χ0) is 22.0. The maximum Gasteiger partial charge on any atom is 0.173 e. The highest BCUT2D eigenvalue weighted by Crippen LogP contribution is 2.32. The monoisotopic (exact) mass is 426 g/mol. The van der Waals surface area contributed by atoms with E-state index < -0.39 is 0 Å². The van der Waals surface area contributed by atoms with Gasteiger partial charge in [-0.25, -0.2) is 13.5 Å². The van der Waals surface area contributed by atoms with E-state index in [2.05, 4.69) is 46.1 Å². The average molecular weight is 427 g/mol. The van der Waals surface area contributed by atoms with Crippen LogP contribution < -0.4 is 4.90 Å². The molecule has 1 aliphatic heterocycles. The fourth-order valence-corrected chi connectivity index (χ4v) is 4.04. The molecule has 31 heavy (non-hydrogen) atoms. The van der Waals surface area contributed by atoms with Crippen molar-refractivity contribution in [3.8, 4) is 0 Å². The van der Waals surface area contributed by atoms with Gasteiger partial charge in [0.1, 0.15) is 11.6 Å². The number of hydrogen-bond donors (Lipinski definition) is 0. The SMILES string of the molecule is CCC(C)(C)n1nnnc1C(c1ccc(F)cc1)N1CCN(c2ccccc2F)CC1. The van der Waals surface area contributed by atoms with E-state index in [1.54, 1.807) is 18.2 Å². The zero-order valence-corrected chi connectivity index (χ0v) is 18.2. The molecule has 2 heterocycles. The van der Waals surface area contributed by atoms with E-state index in [1.165, 1.54) is 18.2 Å². The van der Waals surface area contributed by atoms with Crippen molar-refractivity contribution in [1.82, 2.24) is 25.1 Å². The lowest BCUT2D eigenvalue weighted by atomic mass is 9.99. The van der Waals surface area contributed by atoms with Gasteiger partial charge in [0.25, 0.3) is 0 Å². The Morgan fingerprint density at radius 2 is 1.65 bits per heavy atom. The van der Waals surface area contributed by atoms with Crippen LogP contribution in [0.25, 0.3) is 0 Å². The summed E-state index contributed by atoms with van der Waals surface area (Å²) in [5, 5.41) is 12.6. The molecule has 164 valence electrons. The predicted octanol–water partition coefficient (Wildman–Crippen LogP) is 4.01. The number of halogens is 2. The Morgan fingerprint density at radius 1 is 0.968 bits per heavy atom. The minimum absolute atomic E-state index is 0.209. The maximum atomic E-state index is 14.3. The van der Waals surface area contributed by atoms with Crippen molar-refractivity contribution in [1.29, 1.82) is 0 Å². The fraction of sp³-hybridized carbons (Fsp3) is 0.435. The Labute approximate surface area is 181 Å². The first-order chi connectivity index (χ1) is 14.9. The summed E-state index contributed by atoms with van der Waals surface area (Å²) in [5.74, 6) is 0.248. The maximum absolute atomic E-state index is 14.3. The number of para-hydroxylation sites is 1. The Hall–Kier alpha value is -2.87. The molecular formula is C23H28F2N6. The molecule has 0 amide bonds. The number of nitrogens with zero attached hydrogens (tertiary/aromatic N) is 6. The van der Waals surface area contributed by atoms with Crippen molar-refractivity contribution in [2.24, 2.45) is 0 Å². The standard InChI is InChI=1S/C23H28F2N6/c1-4-23(2,3)31-22(26-27-28-31)21(17-9-11-18(24)12-10-17)30-15-13-29(14-16-30)20-8-6-5-7-19(20)25/h5-12,21H,4,13-16H2,1-3H3. The van der Waals surface area contributed by atoms with Gasteiger partial charge in [-0.15, -0.1) is 5.10 Å². The first kappa shape index (κ1) is 21.4. The first-order valence-electron chi connectivity index (χ1n) is 10.7. The van der Waals surface area contributed by atoms with Crippen LogP contribution in [0.5, 0.6) is 0 Å². The Balaban J connectivity index is 1.65. The van der Waals surface area contributed by atoms with Gasteiger partial charge < -0.3 is 4.90 Å². The van der Waals surface area contributed by atoms with Gasteiger partial charge in [0.05, 0.1) is 17.3 Å². The third-order valence-corrected chi connectivity index (χ3v) is 6.24. The summed E-state index contributed by atoms with van der Waals surface area (Å²) in [4.78, 5) is 4.35. The smallest absolute Gasteiger partial charge is 0.173 e. The molecule has 2 aromatic carbocycles. The predicted molar refractivity (Wildman–Crippen MR) is 116 cm³/mol. The minimum atomic E-state index is -0.277. The number of benzene rings is 2. The van der Waals surface area contributed by atoms with Gasteiger partial charge in [-0.1, -0.05) is 31.2 Å². The van der Waals surface area contributed by atoms with Gasteiger partial charge in [0.2, 0.25) is 0 Å². The highest BCUT2D eigenvalue weighted by molar-refractivity contribution is 5.48. The number of rotatable bonds is 6. The van der Waals surface area contributed by atoms with Crippen LogP contribution in [0.3, 0.4) is 0 Å². The summed E-state index contributed by atoms with van der Waals surface area (Å²) in [7, 11) is 0. The quantitative estimate of drug-likeness (QED) is 0.596. The molecule has 0 radical (unpaired) electrons. The summed E-state index contributed by atoms with van der Waals surface area (Å²) in [6.07, 6.45) is 0.863. The lowest BCUT2D eigenvalue weighted by Gasteiger charge is -2.40. The molecule has 1 saturated heterocycles. The van der Waals surface area contributed by atoms with E-state index in [9.17, 15) is 8.78 Å². The second kappa shape index (κ2) is 8.70. The molecular weight excluding hydrogens is 398 g/mol. The molecule has 4 rings (SSSR count). The van der Waals surface area contributed by atoms with Crippen molar-refractivity contribution in [2.75, 3.05) is 31.1 Å². The number of piperazine rings is 1. The molecule has 6 nitrogen and oxygen atoms in total. The largest absolute Gasteiger partial charge is 0.367 e. The molecule has 1 atom stereocenters. The van der Waals surface area contributed by atoms with Gasteiger partial charge in [-0.3, -0.25) is 4.90 Å². The molecule has 0 spiro atoms.